The molecule has 3 aliphatic heterocycles. The van der Waals surface area contributed by atoms with Gasteiger partial charge in [0.25, 0.3) is 0 Å². The van der Waals surface area contributed by atoms with Crippen LogP contribution in [0.1, 0.15) is 96.9 Å². The van der Waals surface area contributed by atoms with Gasteiger partial charge in [0.1, 0.15) is 0 Å². The fraction of sp³-hybridized carbons (Fsp3) is 0.645. The summed E-state index contributed by atoms with van der Waals surface area (Å²) in [7, 11) is -0.660. The van der Waals surface area contributed by atoms with E-state index in [1.807, 2.05) is 0 Å². The average molecular weight is 513 g/mol. The second kappa shape index (κ2) is 10.1. The van der Waals surface area contributed by atoms with Gasteiger partial charge in [-0.3, -0.25) is 0 Å². The molecular weight excluding hydrogens is 462 g/mol. The maximum atomic E-state index is 3.92. The molecule has 0 unspecified atom stereocenters. The first-order valence-electron chi connectivity index (χ1n) is 13.5. The molecule has 2 radical (unpaired) electrons. The van der Waals surface area contributed by atoms with Gasteiger partial charge in [0.15, 0.2) is 0 Å². The lowest BCUT2D eigenvalue weighted by molar-refractivity contribution is 0.438. The van der Waals surface area contributed by atoms with Gasteiger partial charge in [0.2, 0.25) is 6.67 Å². The zero-order valence-electron chi connectivity index (χ0n) is 24.9. The van der Waals surface area contributed by atoms with Gasteiger partial charge in [0.05, 0.1) is 11.4 Å². The molecule has 35 heavy (non-hydrogen) atoms. The minimum absolute atomic E-state index is 0.0969. The first-order chi connectivity index (χ1) is 15.9. The summed E-state index contributed by atoms with van der Waals surface area (Å²) in [6, 6.07) is 0. The fourth-order valence-corrected chi connectivity index (χ4v) is 11.2. The highest BCUT2D eigenvalue weighted by Gasteiger charge is 2.43. The van der Waals surface area contributed by atoms with Crippen molar-refractivity contribution in [2.24, 2.45) is 10.8 Å². The van der Waals surface area contributed by atoms with Crippen LogP contribution in [0.2, 0.25) is 0 Å². The predicted octanol–water partition coefficient (Wildman–Crippen LogP) is 10.1. The van der Waals surface area contributed by atoms with E-state index in [9.17, 15) is 0 Å². The molecule has 2 nitrogen and oxygen atoms in total. The maximum absolute atomic E-state index is 3.92. The Kier molecular flexibility index (Phi) is 8.32. The molecule has 0 saturated heterocycles. The molecule has 3 aliphatic rings. The maximum Gasteiger partial charge on any atom is 0.218 e. The number of fused-ring (bicyclic) bond motifs is 2. The van der Waals surface area contributed by atoms with Crippen LogP contribution in [0.25, 0.3) is 0 Å². The summed E-state index contributed by atoms with van der Waals surface area (Å²) in [5.74, 6) is 0. The molecule has 0 aliphatic carbocycles. The van der Waals surface area contributed by atoms with E-state index in [-0.39, 0.29) is 26.7 Å². The van der Waals surface area contributed by atoms with E-state index in [0.29, 0.717) is 22.6 Å². The van der Waals surface area contributed by atoms with E-state index < -0.39 is 0 Å². The first-order valence-corrected chi connectivity index (χ1v) is 16.5. The Morgan fingerprint density at radius 2 is 0.829 bits per heavy atom. The van der Waals surface area contributed by atoms with Crippen molar-refractivity contribution in [2.45, 2.75) is 120 Å². The Balaban J connectivity index is 2.29. The van der Waals surface area contributed by atoms with E-state index in [2.05, 4.69) is 138 Å². The molecule has 0 amide bonds. The first kappa shape index (κ1) is 28.7. The van der Waals surface area contributed by atoms with Crippen molar-refractivity contribution in [3.05, 3.63) is 64.4 Å². The molecule has 0 N–H and O–H groups in total. The number of hydrogen-bond acceptors (Lipinski definition) is 2. The molecule has 0 bridgehead atoms. The summed E-state index contributed by atoms with van der Waals surface area (Å²) in [6.07, 6.45) is 9.92. The molecule has 4 heteroatoms. The van der Waals surface area contributed by atoms with Crippen molar-refractivity contribution in [3.8, 4) is 0 Å². The van der Waals surface area contributed by atoms with Crippen LogP contribution < -0.4 is 0 Å². The van der Waals surface area contributed by atoms with Crippen LogP contribution >= 0.6 is 15.8 Å². The summed E-state index contributed by atoms with van der Waals surface area (Å²) in [5.41, 5.74) is 11.1. The van der Waals surface area contributed by atoms with E-state index in [1.54, 1.807) is 0 Å². The van der Waals surface area contributed by atoms with Crippen LogP contribution in [0.4, 0.5) is 0 Å². The van der Waals surface area contributed by atoms with Gasteiger partial charge in [0, 0.05) is 10.9 Å². The van der Waals surface area contributed by atoms with Crippen LogP contribution in [0.5, 0.6) is 0 Å². The minimum Gasteiger partial charge on any atom is -0.308 e. The lowest BCUT2D eigenvalue weighted by Gasteiger charge is -2.40. The van der Waals surface area contributed by atoms with Crippen molar-refractivity contribution in [1.82, 2.24) is 9.80 Å². The molecule has 0 spiro atoms. The molecule has 0 fully saturated rings. The Hall–Kier alpha value is -0.840. The Morgan fingerprint density at radius 3 is 1.06 bits per heavy atom. The van der Waals surface area contributed by atoms with Crippen molar-refractivity contribution < 1.29 is 0 Å². The van der Waals surface area contributed by atoms with Crippen molar-refractivity contribution >= 4 is 15.8 Å². The van der Waals surface area contributed by atoms with E-state index in [0.717, 1.165) is 0 Å². The lowest BCUT2D eigenvalue weighted by Crippen LogP contribution is -2.28. The molecule has 3 rings (SSSR count). The van der Waals surface area contributed by atoms with Crippen LogP contribution in [0.15, 0.2) is 57.7 Å². The van der Waals surface area contributed by atoms with Gasteiger partial charge in [-0.15, -0.1) is 0 Å². The average Bonchev–Trinajstić information content (AvgIpc) is 3.04. The van der Waals surface area contributed by atoms with E-state index in [1.165, 1.54) is 33.4 Å². The lowest BCUT2D eigenvalue weighted by atomic mass is 9.83. The molecule has 194 valence electrons. The largest absolute Gasteiger partial charge is 0.308 e. The predicted molar refractivity (Wildman–Crippen MR) is 160 cm³/mol. The Morgan fingerprint density at radius 1 is 0.543 bits per heavy atom. The summed E-state index contributed by atoms with van der Waals surface area (Å²) in [6.45, 7) is 37.2. The summed E-state index contributed by atoms with van der Waals surface area (Å²) < 4.78 is 0. The number of hydrogen-bond donors (Lipinski definition) is 0. The van der Waals surface area contributed by atoms with Crippen molar-refractivity contribution in [2.75, 3.05) is 0 Å². The molecular formula is C31H50N2P2. The third-order valence-electron chi connectivity index (χ3n) is 7.04. The second-order valence-electron chi connectivity index (χ2n) is 13.4. The van der Waals surface area contributed by atoms with Gasteiger partial charge in [-0.2, -0.15) is 0 Å². The Bertz CT molecular complexity index is 880. The molecule has 0 saturated carbocycles. The summed E-state index contributed by atoms with van der Waals surface area (Å²) in [4.78, 5) is 4.89. The monoisotopic (exact) mass is 512 g/mol. The Labute approximate surface area is 220 Å². The van der Waals surface area contributed by atoms with Crippen molar-refractivity contribution in [3.63, 3.8) is 0 Å². The van der Waals surface area contributed by atoms with Crippen LogP contribution in [-0.2, 0) is 0 Å². The second-order valence-corrected chi connectivity index (χ2v) is 20.1. The van der Waals surface area contributed by atoms with Gasteiger partial charge in [-0.1, -0.05) is 113 Å². The van der Waals surface area contributed by atoms with Crippen LogP contribution in [-0.4, -0.2) is 32.4 Å². The zero-order chi connectivity index (χ0) is 26.6. The third-order valence-corrected chi connectivity index (χ3v) is 13.2. The molecule has 3 heterocycles. The smallest absolute Gasteiger partial charge is 0.218 e. The highest BCUT2D eigenvalue weighted by molar-refractivity contribution is 7.63. The van der Waals surface area contributed by atoms with Gasteiger partial charge < -0.3 is 9.80 Å². The van der Waals surface area contributed by atoms with Gasteiger partial charge in [-0.05, 0) is 68.9 Å². The quantitative estimate of drug-likeness (QED) is 0.327. The highest BCUT2D eigenvalue weighted by atomic mass is 31.1. The fourth-order valence-electron chi connectivity index (χ4n) is 5.35. The standard InChI is InChI=1S/C31H50N2P2/c1-20(2)34(21(3)4)28-17-24(30(9,10)11)15-26-27-16-25(31(12,13)14)18-29(33(27)19-32(26)28)35(22(5)6)23(7)8/h15-18,20-23H,1-14H3. The van der Waals surface area contributed by atoms with E-state index >= 15 is 0 Å². The third kappa shape index (κ3) is 5.70. The number of nitrogens with zero attached hydrogens (tertiary/aromatic N) is 2. The summed E-state index contributed by atoms with van der Waals surface area (Å²) in [5, 5.41) is 0. The van der Waals surface area contributed by atoms with Gasteiger partial charge >= 0.3 is 0 Å². The molecule has 0 atom stereocenters. The van der Waals surface area contributed by atoms with Gasteiger partial charge in [-0.25, -0.2) is 0 Å². The minimum atomic E-state index is -0.330. The normalized spacial score (nSPS) is 19.3. The van der Waals surface area contributed by atoms with Crippen LogP contribution in [0, 0.1) is 17.5 Å². The van der Waals surface area contributed by atoms with E-state index in [4.69, 9.17) is 0 Å². The molecule has 0 aromatic rings. The zero-order valence-corrected chi connectivity index (χ0v) is 26.7. The number of allylic oxidation sites excluding steroid dienone is 6. The highest BCUT2D eigenvalue weighted by Crippen LogP contribution is 2.63. The SMILES string of the molecule is CC(C)P(C1=CC(C(C)(C)C)=CC2=C3C=C(C(C)(C)C)C=C(P(C(C)C)C(C)C)N3[C]N12)C(C)C. The van der Waals surface area contributed by atoms with Crippen LogP contribution in [0.3, 0.4) is 0 Å². The van der Waals surface area contributed by atoms with Crippen molar-refractivity contribution in [1.29, 1.82) is 0 Å². The topological polar surface area (TPSA) is 6.48 Å². The summed E-state index contributed by atoms with van der Waals surface area (Å²) >= 11 is 0. The molecule has 0 aromatic heterocycles. The molecule has 0 aromatic carbocycles. The number of rotatable bonds is 6.